The van der Waals surface area contributed by atoms with E-state index in [0.29, 0.717) is 0 Å². The Balaban J connectivity index is 2.28. The summed E-state index contributed by atoms with van der Waals surface area (Å²) in [6.07, 6.45) is 8.72. The van der Waals surface area contributed by atoms with Gasteiger partial charge in [-0.1, -0.05) is 36.4 Å². The first-order valence-corrected chi connectivity index (χ1v) is 7.69. The van der Waals surface area contributed by atoms with E-state index in [4.69, 9.17) is 4.52 Å². The zero-order valence-electron chi connectivity index (χ0n) is 9.59. The Morgan fingerprint density at radius 1 is 1.24 bits per heavy atom. The summed E-state index contributed by atoms with van der Waals surface area (Å²) in [4.78, 5) is 0. The van der Waals surface area contributed by atoms with Crippen LogP contribution in [-0.4, -0.2) is 6.66 Å². The molecule has 2 aliphatic rings. The second-order valence-corrected chi connectivity index (χ2v) is 6.64. The molecule has 0 radical (unpaired) electrons. The van der Waals surface area contributed by atoms with Crippen LogP contribution < -0.4 is 5.30 Å². The monoisotopic (exact) mass is 244 g/mol. The Bertz CT molecular complexity index is 608. The first-order valence-electron chi connectivity index (χ1n) is 5.62. The van der Waals surface area contributed by atoms with Gasteiger partial charge in [-0.3, -0.25) is 4.57 Å². The van der Waals surface area contributed by atoms with Gasteiger partial charge >= 0.3 is 0 Å². The van der Waals surface area contributed by atoms with Crippen LogP contribution in [0.3, 0.4) is 0 Å². The van der Waals surface area contributed by atoms with E-state index < -0.39 is 7.37 Å². The number of fused-ring (bicyclic) bond motifs is 2. The Kier molecular flexibility index (Phi) is 2.34. The minimum Gasteiger partial charge on any atom is -0.440 e. The molecule has 1 aliphatic carbocycles. The standard InChI is InChI=1S/C14H13O2P/c1-17(15)14-10-6-5-8-12(14)11-7-3-2-4-9-13(11)16-17/h2-6,8-10H,7H2,1H3. The van der Waals surface area contributed by atoms with E-state index in [1.807, 2.05) is 42.5 Å². The molecular weight excluding hydrogens is 231 g/mol. The maximum Gasteiger partial charge on any atom is 0.274 e. The lowest BCUT2D eigenvalue weighted by Crippen LogP contribution is -2.17. The van der Waals surface area contributed by atoms with Gasteiger partial charge in [0.05, 0.1) is 5.30 Å². The van der Waals surface area contributed by atoms with Gasteiger partial charge in [0.1, 0.15) is 5.76 Å². The van der Waals surface area contributed by atoms with Crippen LogP contribution in [-0.2, 0) is 9.09 Å². The number of benzene rings is 1. The second-order valence-electron chi connectivity index (χ2n) is 4.29. The van der Waals surface area contributed by atoms with E-state index in [0.717, 1.165) is 28.6 Å². The summed E-state index contributed by atoms with van der Waals surface area (Å²) >= 11 is 0. The smallest absolute Gasteiger partial charge is 0.274 e. The van der Waals surface area contributed by atoms with Crippen molar-refractivity contribution in [1.29, 1.82) is 0 Å². The minimum absolute atomic E-state index is 0.750. The van der Waals surface area contributed by atoms with Crippen LogP contribution in [0, 0.1) is 0 Å². The molecule has 1 heterocycles. The van der Waals surface area contributed by atoms with Gasteiger partial charge in [-0.05, 0) is 24.1 Å². The fraction of sp³-hybridized carbons (Fsp3) is 0.143. The van der Waals surface area contributed by atoms with E-state index in [1.54, 1.807) is 6.66 Å². The average Bonchev–Trinajstić information content (AvgIpc) is 2.54. The van der Waals surface area contributed by atoms with Crippen molar-refractivity contribution in [1.82, 2.24) is 0 Å². The van der Waals surface area contributed by atoms with Crippen molar-refractivity contribution in [2.45, 2.75) is 6.42 Å². The zero-order chi connectivity index (χ0) is 11.9. The van der Waals surface area contributed by atoms with Crippen molar-refractivity contribution in [3.63, 3.8) is 0 Å². The summed E-state index contributed by atoms with van der Waals surface area (Å²) < 4.78 is 18.2. The van der Waals surface area contributed by atoms with Crippen LogP contribution in [0.1, 0.15) is 12.0 Å². The van der Waals surface area contributed by atoms with E-state index in [1.165, 1.54) is 0 Å². The Hall–Kier alpha value is -1.53. The van der Waals surface area contributed by atoms with Gasteiger partial charge in [-0.25, -0.2) is 0 Å². The maximum atomic E-state index is 12.5. The normalized spacial score (nSPS) is 25.9. The quantitative estimate of drug-likeness (QED) is 0.653. The van der Waals surface area contributed by atoms with Gasteiger partial charge in [-0.2, -0.15) is 0 Å². The molecular formula is C14H13O2P. The first-order chi connectivity index (χ1) is 8.18. The lowest BCUT2D eigenvalue weighted by atomic mass is 10.0. The minimum atomic E-state index is -2.72. The molecule has 0 bridgehead atoms. The van der Waals surface area contributed by atoms with E-state index in [2.05, 4.69) is 6.08 Å². The fourth-order valence-corrected chi connectivity index (χ4v) is 3.91. The van der Waals surface area contributed by atoms with Crippen molar-refractivity contribution < 1.29 is 9.09 Å². The molecule has 1 unspecified atom stereocenters. The Morgan fingerprint density at radius 3 is 2.94 bits per heavy atom. The molecule has 0 spiro atoms. The molecule has 86 valence electrons. The van der Waals surface area contributed by atoms with Crippen LogP contribution in [0.2, 0.25) is 0 Å². The molecule has 2 nitrogen and oxygen atoms in total. The molecule has 0 saturated heterocycles. The molecule has 3 rings (SSSR count). The summed E-state index contributed by atoms with van der Waals surface area (Å²) in [5, 5.41) is 0.836. The molecule has 1 aliphatic heterocycles. The van der Waals surface area contributed by atoms with Gasteiger partial charge < -0.3 is 4.52 Å². The molecule has 0 N–H and O–H groups in total. The lowest BCUT2D eigenvalue weighted by Gasteiger charge is -2.26. The topological polar surface area (TPSA) is 26.3 Å². The van der Waals surface area contributed by atoms with Gasteiger partial charge in [-0.15, -0.1) is 0 Å². The number of allylic oxidation sites excluding steroid dienone is 5. The highest BCUT2D eigenvalue weighted by Crippen LogP contribution is 2.51. The van der Waals surface area contributed by atoms with E-state index in [-0.39, 0.29) is 0 Å². The highest BCUT2D eigenvalue weighted by molar-refractivity contribution is 7.66. The summed E-state index contributed by atoms with van der Waals surface area (Å²) in [6, 6.07) is 7.81. The third-order valence-corrected chi connectivity index (χ3v) is 4.86. The predicted molar refractivity (Wildman–Crippen MR) is 70.5 cm³/mol. The molecule has 0 saturated carbocycles. The second kappa shape index (κ2) is 3.75. The van der Waals surface area contributed by atoms with Gasteiger partial charge in [0.25, 0.3) is 7.37 Å². The molecule has 1 atom stereocenters. The van der Waals surface area contributed by atoms with Gasteiger partial charge in [0.2, 0.25) is 0 Å². The molecule has 0 fully saturated rings. The van der Waals surface area contributed by atoms with Crippen molar-refractivity contribution in [3.8, 4) is 0 Å². The average molecular weight is 244 g/mol. The predicted octanol–water partition coefficient (Wildman–Crippen LogP) is 3.48. The molecule has 1 aromatic rings. The Labute approximate surface area is 101 Å². The largest absolute Gasteiger partial charge is 0.440 e. The maximum absolute atomic E-state index is 12.5. The van der Waals surface area contributed by atoms with Crippen LogP contribution in [0.4, 0.5) is 0 Å². The van der Waals surface area contributed by atoms with Crippen LogP contribution in [0.25, 0.3) is 5.57 Å². The van der Waals surface area contributed by atoms with Crippen LogP contribution >= 0.6 is 7.37 Å². The summed E-state index contributed by atoms with van der Waals surface area (Å²) in [7, 11) is -2.72. The molecule has 0 amide bonds. The summed E-state index contributed by atoms with van der Waals surface area (Å²) in [6.45, 7) is 1.68. The summed E-state index contributed by atoms with van der Waals surface area (Å²) in [5.74, 6) is 0.750. The van der Waals surface area contributed by atoms with Crippen LogP contribution in [0.5, 0.6) is 0 Å². The van der Waals surface area contributed by atoms with E-state index >= 15 is 0 Å². The molecule has 1 aromatic carbocycles. The number of rotatable bonds is 0. The van der Waals surface area contributed by atoms with E-state index in [9.17, 15) is 4.57 Å². The Morgan fingerprint density at radius 2 is 2.06 bits per heavy atom. The number of hydrogen-bond acceptors (Lipinski definition) is 2. The van der Waals surface area contributed by atoms with Crippen molar-refractivity contribution >= 4 is 18.2 Å². The number of hydrogen-bond donors (Lipinski definition) is 0. The first kappa shape index (κ1) is 10.6. The molecule has 0 aromatic heterocycles. The highest BCUT2D eigenvalue weighted by atomic mass is 31.2. The third kappa shape index (κ3) is 1.69. The molecule has 17 heavy (non-hydrogen) atoms. The highest BCUT2D eigenvalue weighted by Gasteiger charge is 2.31. The van der Waals surface area contributed by atoms with Gasteiger partial charge in [0, 0.05) is 12.2 Å². The van der Waals surface area contributed by atoms with Crippen molar-refractivity contribution in [2.24, 2.45) is 0 Å². The van der Waals surface area contributed by atoms with Gasteiger partial charge in [0.15, 0.2) is 0 Å². The van der Waals surface area contributed by atoms with Crippen LogP contribution in [0.15, 0.2) is 54.3 Å². The SMILES string of the molecule is CP1(=O)OC2=C(CC=CC=C2)c2ccccc21. The zero-order valence-corrected chi connectivity index (χ0v) is 10.5. The lowest BCUT2D eigenvalue weighted by molar-refractivity contribution is 0.430. The molecule has 3 heteroatoms. The van der Waals surface area contributed by atoms with Crippen molar-refractivity contribution in [2.75, 3.05) is 6.66 Å². The summed E-state index contributed by atoms with van der Waals surface area (Å²) in [5.41, 5.74) is 2.19. The van der Waals surface area contributed by atoms with Crippen molar-refractivity contribution in [3.05, 3.63) is 59.9 Å². The third-order valence-electron chi connectivity index (χ3n) is 3.05. The fourth-order valence-electron chi connectivity index (χ4n) is 2.26.